The molecule has 5 nitrogen and oxygen atoms in total. The predicted octanol–water partition coefficient (Wildman–Crippen LogP) is 1.89. The molecular formula is C17H23FN2O3. The molecule has 23 heavy (non-hydrogen) atoms. The highest BCUT2D eigenvalue weighted by atomic mass is 19.1. The van der Waals surface area contributed by atoms with Crippen LogP contribution in [0.25, 0.3) is 0 Å². The second-order valence-corrected chi connectivity index (χ2v) is 6.68. The molecule has 0 bridgehead atoms. The van der Waals surface area contributed by atoms with E-state index in [1.807, 2.05) is 0 Å². The Labute approximate surface area is 135 Å². The van der Waals surface area contributed by atoms with Crippen LogP contribution in [0.2, 0.25) is 0 Å². The van der Waals surface area contributed by atoms with Gasteiger partial charge in [-0.25, -0.2) is 4.39 Å². The Morgan fingerprint density at radius 2 is 1.96 bits per heavy atom. The predicted molar refractivity (Wildman–Crippen MR) is 84.1 cm³/mol. The summed E-state index contributed by atoms with van der Waals surface area (Å²) in [6.45, 7) is 6.68. The number of hydrogen-bond acceptors (Lipinski definition) is 3. The summed E-state index contributed by atoms with van der Waals surface area (Å²) in [4.78, 5) is 25.8. The fraction of sp³-hybridized carbons (Fsp3) is 0.529. The lowest BCUT2D eigenvalue weighted by Crippen LogP contribution is -2.48. The number of nitrogens with one attached hydrogen (secondary N) is 1. The van der Waals surface area contributed by atoms with Crippen molar-refractivity contribution in [2.75, 3.05) is 26.2 Å². The number of hydrogen-bond donors (Lipinski definition) is 1. The monoisotopic (exact) mass is 322 g/mol. The minimum Gasteiger partial charge on any atom is -0.370 e. The lowest BCUT2D eigenvalue weighted by Gasteiger charge is -2.33. The quantitative estimate of drug-likeness (QED) is 0.924. The summed E-state index contributed by atoms with van der Waals surface area (Å²) in [5.74, 6) is -0.602. The van der Waals surface area contributed by atoms with Gasteiger partial charge in [0.25, 0.3) is 0 Å². The van der Waals surface area contributed by atoms with Gasteiger partial charge in [0.2, 0.25) is 11.8 Å². The Hall–Kier alpha value is -1.95. The average molecular weight is 322 g/mol. The van der Waals surface area contributed by atoms with Crippen LogP contribution >= 0.6 is 0 Å². The number of halogens is 1. The molecule has 1 N–H and O–H groups in total. The third kappa shape index (κ3) is 4.76. The Kier molecular flexibility index (Phi) is 5.36. The Morgan fingerprint density at radius 3 is 2.57 bits per heavy atom. The van der Waals surface area contributed by atoms with Gasteiger partial charge in [-0.1, -0.05) is 32.9 Å². The Balaban J connectivity index is 1.91. The van der Waals surface area contributed by atoms with Crippen molar-refractivity contribution in [3.63, 3.8) is 0 Å². The average Bonchev–Trinajstić information content (AvgIpc) is 2.52. The molecule has 1 fully saturated rings. The molecule has 1 unspecified atom stereocenters. The van der Waals surface area contributed by atoms with Crippen molar-refractivity contribution in [2.24, 2.45) is 5.41 Å². The van der Waals surface area contributed by atoms with Crippen molar-refractivity contribution in [2.45, 2.75) is 26.9 Å². The minimum absolute atomic E-state index is 0.0216. The maximum absolute atomic E-state index is 13.0. The first-order valence-electron chi connectivity index (χ1n) is 7.70. The van der Waals surface area contributed by atoms with Gasteiger partial charge in [-0.15, -0.1) is 0 Å². The molecule has 1 aromatic carbocycles. The van der Waals surface area contributed by atoms with Crippen molar-refractivity contribution >= 4 is 11.8 Å². The van der Waals surface area contributed by atoms with Gasteiger partial charge in [0, 0.05) is 12.0 Å². The van der Waals surface area contributed by atoms with Gasteiger partial charge in [-0.05, 0) is 17.7 Å². The normalized spacial score (nSPS) is 18.6. The minimum atomic E-state index is -0.526. The number of ether oxygens (including phenoxy) is 1. The van der Waals surface area contributed by atoms with E-state index in [4.69, 9.17) is 4.74 Å². The van der Waals surface area contributed by atoms with Crippen LogP contribution in [-0.2, 0) is 14.3 Å². The standard InChI is InChI=1S/C17H23FN2O3/c1-17(2,3)16(22)19-10-15(21)20-8-9-23-14(11-20)12-4-6-13(18)7-5-12/h4-7,14H,8-11H2,1-3H3,(H,19,22). The fourth-order valence-electron chi connectivity index (χ4n) is 2.29. The molecule has 2 amide bonds. The van der Waals surface area contributed by atoms with Crippen LogP contribution in [0.4, 0.5) is 4.39 Å². The molecule has 0 radical (unpaired) electrons. The van der Waals surface area contributed by atoms with Gasteiger partial charge < -0.3 is 15.0 Å². The van der Waals surface area contributed by atoms with Crippen LogP contribution in [0.15, 0.2) is 24.3 Å². The molecular weight excluding hydrogens is 299 g/mol. The summed E-state index contributed by atoms with van der Waals surface area (Å²) in [6, 6.07) is 6.08. The molecule has 1 saturated heterocycles. The number of morpholine rings is 1. The van der Waals surface area contributed by atoms with Crippen LogP contribution in [0.1, 0.15) is 32.4 Å². The second-order valence-electron chi connectivity index (χ2n) is 6.68. The van der Waals surface area contributed by atoms with Crippen molar-refractivity contribution in [3.05, 3.63) is 35.6 Å². The first-order chi connectivity index (χ1) is 10.8. The largest absolute Gasteiger partial charge is 0.370 e. The van der Waals surface area contributed by atoms with Crippen LogP contribution < -0.4 is 5.32 Å². The highest BCUT2D eigenvalue weighted by Gasteiger charge is 2.27. The third-order valence-corrected chi connectivity index (χ3v) is 3.74. The maximum atomic E-state index is 13.0. The first-order valence-corrected chi connectivity index (χ1v) is 7.70. The van der Waals surface area contributed by atoms with Crippen molar-refractivity contribution < 1.29 is 18.7 Å². The lowest BCUT2D eigenvalue weighted by atomic mass is 9.96. The number of rotatable bonds is 3. The van der Waals surface area contributed by atoms with E-state index in [1.54, 1.807) is 37.8 Å². The van der Waals surface area contributed by atoms with Crippen LogP contribution in [-0.4, -0.2) is 43.0 Å². The van der Waals surface area contributed by atoms with Gasteiger partial charge in [-0.3, -0.25) is 9.59 Å². The van der Waals surface area contributed by atoms with Crippen molar-refractivity contribution in [1.29, 1.82) is 0 Å². The SMILES string of the molecule is CC(C)(C)C(=O)NCC(=O)N1CCOC(c2ccc(F)cc2)C1. The molecule has 1 aliphatic heterocycles. The van der Waals surface area contributed by atoms with Gasteiger partial charge in [0.1, 0.15) is 11.9 Å². The zero-order chi connectivity index (χ0) is 17.0. The zero-order valence-electron chi connectivity index (χ0n) is 13.8. The molecule has 0 aromatic heterocycles. The summed E-state index contributed by atoms with van der Waals surface area (Å²) in [5, 5.41) is 2.66. The van der Waals surface area contributed by atoms with E-state index < -0.39 is 5.41 Å². The number of nitrogens with zero attached hydrogens (tertiary/aromatic N) is 1. The summed E-state index contributed by atoms with van der Waals surface area (Å²) < 4.78 is 18.6. The third-order valence-electron chi connectivity index (χ3n) is 3.74. The number of carbonyl (C=O) groups excluding carboxylic acids is 2. The molecule has 1 atom stereocenters. The zero-order valence-corrected chi connectivity index (χ0v) is 13.8. The molecule has 6 heteroatoms. The van der Waals surface area contributed by atoms with Gasteiger partial charge in [-0.2, -0.15) is 0 Å². The highest BCUT2D eigenvalue weighted by molar-refractivity contribution is 5.87. The van der Waals surface area contributed by atoms with E-state index in [2.05, 4.69) is 5.32 Å². The van der Waals surface area contributed by atoms with Crippen molar-refractivity contribution in [3.8, 4) is 0 Å². The van der Waals surface area contributed by atoms with E-state index in [-0.39, 0.29) is 30.3 Å². The van der Waals surface area contributed by atoms with E-state index in [1.165, 1.54) is 12.1 Å². The molecule has 1 aromatic rings. The smallest absolute Gasteiger partial charge is 0.242 e. The molecule has 2 rings (SSSR count). The van der Waals surface area contributed by atoms with Crippen LogP contribution in [0.5, 0.6) is 0 Å². The molecule has 1 heterocycles. The second kappa shape index (κ2) is 7.08. The lowest BCUT2D eigenvalue weighted by molar-refractivity contribution is -0.140. The molecule has 126 valence electrons. The van der Waals surface area contributed by atoms with Crippen molar-refractivity contribution in [1.82, 2.24) is 10.2 Å². The fourth-order valence-corrected chi connectivity index (χ4v) is 2.29. The number of amides is 2. The highest BCUT2D eigenvalue weighted by Crippen LogP contribution is 2.22. The van der Waals surface area contributed by atoms with E-state index in [9.17, 15) is 14.0 Å². The Morgan fingerprint density at radius 1 is 1.30 bits per heavy atom. The molecule has 0 aliphatic carbocycles. The molecule has 1 aliphatic rings. The van der Waals surface area contributed by atoms with Crippen LogP contribution in [0.3, 0.4) is 0 Å². The molecule has 0 spiro atoms. The van der Waals surface area contributed by atoms with E-state index in [0.717, 1.165) is 5.56 Å². The topological polar surface area (TPSA) is 58.6 Å². The van der Waals surface area contributed by atoms with E-state index in [0.29, 0.717) is 19.7 Å². The van der Waals surface area contributed by atoms with Gasteiger partial charge >= 0.3 is 0 Å². The van der Waals surface area contributed by atoms with E-state index >= 15 is 0 Å². The summed E-state index contributed by atoms with van der Waals surface area (Å²) in [7, 11) is 0. The number of carbonyl (C=O) groups is 2. The number of benzene rings is 1. The Bertz CT molecular complexity index is 566. The van der Waals surface area contributed by atoms with Gasteiger partial charge in [0.05, 0.1) is 19.7 Å². The maximum Gasteiger partial charge on any atom is 0.242 e. The summed E-state index contributed by atoms with van der Waals surface area (Å²) >= 11 is 0. The first kappa shape index (κ1) is 17.4. The van der Waals surface area contributed by atoms with Crippen LogP contribution in [0, 0.1) is 11.2 Å². The van der Waals surface area contributed by atoms with Gasteiger partial charge in [0.15, 0.2) is 0 Å². The summed E-state index contributed by atoms with van der Waals surface area (Å²) in [6.07, 6.45) is -0.272. The summed E-state index contributed by atoms with van der Waals surface area (Å²) in [5.41, 5.74) is 0.310. The molecule has 0 saturated carbocycles.